The van der Waals surface area contributed by atoms with Gasteiger partial charge in [0.2, 0.25) is 0 Å². The number of hydrogen-bond acceptors (Lipinski definition) is 5. The van der Waals surface area contributed by atoms with Crippen LogP contribution in [0.2, 0.25) is 0 Å². The van der Waals surface area contributed by atoms with Crippen molar-refractivity contribution in [2.24, 2.45) is 10.9 Å². The van der Waals surface area contributed by atoms with Gasteiger partial charge in [0.1, 0.15) is 5.82 Å². The third-order valence-electron chi connectivity index (χ3n) is 3.85. The Labute approximate surface area is 111 Å². The van der Waals surface area contributed by atoms with E-state index in [4.69, 9.17) is 15.7 Å². The van der Waals surface area contributed by atoms with Crippen molar-refractivity contribution in [1.29, 1.82) is 0 Å². The second-order valence-electron chi connectivity index (χ2n) is 5.17. The van der Waals surface area contributed by atoms with Crippen LogP contribution in [-0.2, 0) is 4.74 Å². The lowest BCUT2D eigenvalue weighted by molar-refractivity contribution is 0.0302. The van der Waals surface area contributed by atoms with Gasteiger partial charge in [-0.05, 0) is 31.4 Å². The summed E-state index contributed by atoms with van der Waals surface area (Å²) in [6, 6.07) is 1.87. The van der Waals surface area contributed by atoms with Gasteiger partial charge in [0.25, 0.3) is 0 Å². The molecule has 19 heavy (non-hydrogen) atoms. The number of nitrogens with zero attached hydrogens (tertiary/aromatic N) is 3. The van der Waals surface area contributed by atoms with E-state index in [0.29, 0.717) is 5.56 Å². The van der Waals surface area contributed by atoms with E-state index in [1.54, 1.807) is 6.20 Å². The zero-order valence-electron chi connectivity index (χ0n) is 10.9. The fraction of sp³-hybridized carbons (Fsp3) is 0.538. The summed E-state index contributed by atoms with van der Waals surface area (Å²) in [4.78, 5) is 6.61. The van der Waals surface area contributed by atoms with Gasteiger partial charge < -0.3 is 20.6 Å². The maximum absolute atomic E-state index is 8.94. The SMILES string of the molecule is Cc1ccnc(N2CC3CCC(C2)O3)c1/C(N)=N/O. The quantitative estimate of drug-likeness (QED) is 0.357. The van der Waals surface area contributed by atoms with E-state index < -0.39 is 0 Å². The van der Waals surface area contributed by atoms with Crippen molar-refractivity contribution in [3.05, 3.63) is 23.4 Å². The first kappa shape index (κ1) is 12.2. The van der Waals surface area contributed by atoms with Gasteiger partial charge in [-0.15, -0.1) is 0 Å². The predicted molar refractivity (Wildman–Crippen MR) is 71.6 cm³/mol. The summed E-state index contributed by atoms with van der Waals surface area (Å²) in [5.74, 6) is 0.898. The minimum Gasteiger partial charge on any atom is -0.409 e. The number of fused-ring (bicyclic) bond motifs is 2. The van der Waals surface area contributed by atoms with Gasteiger partial charge in [-0.2, -0.15) is 0 Å². The van der Waals surface area contributed by atoms with Crippen LogP contribution in [-0.4, -0.2) is 41.3 Å². The monoisotopic (exact) mass is 262 g/mol. The van der Waals surface area contributed by atoms with Crippen molar-refractivity contribution >= 4 is 11.7 Å². The lowest BCUT2D eigenvalue weighted by Crippen LogP contribution is -2.44. The van der Waals surface area contributed by atoms with Crippen LogP contribution in [0.1, 0.15) is 24.0 Å². The van der Waals surface area contributed by atoms with Gasteiger partial charge in [0, 0.05) is 19.3 Å². The molecule has 0 radical (unpaired) electrons. The molecule has 0 aliphatic carbocycles. The number of aryl methyl sites for hydroxylation is 1. The second-order valence-corrected chi connectivity index (χ2v) is 5.17. The van der Waals surface area contributed by atoms with Gasteiger partial charge in [-0.1, -0.05) is 5.16 Å². The number of pyridine rings is 1. The van der Waals surface area contributed by atoms with E-state index in [1.165, 1.54) is 0 Å². The molecule has 0 aromatic carbocycles. The molecule has 1 aromatic heterocycles. The van der Waals surface area contributed by atoms with Crippen molar-refractivity contribution in [3.63, 3.8) is 0 Å². The molecule has 0 spiro atoms. The molecule has 2 saturated heterocycles. The van der Waals surface area contributed by atoms with Crippen LogP contribution in [0.15, 0.2) is 17.4 Å². The number of hydrogen-bond donors (Lipinski definition) is 2. The molecule has 6 nitrogen and oxygen atoms in total. The van der Waals surface area contributed by atoms with E-state index in [9.17, 15) is 0 Å². The maximum Gasteiger partial charge on any atom is 0.174 e. The Kier molecular flexibility index (Phi) is 3.02. The maximum atomic E-state index is 8.94. The highest BCUT2D eigenvalue weighted by Gasteiger charge is 2.35. The Bertz CT molecular complexity index is 505. The number of anilines is 1. The molecule has 102 valence electrons. The molecule has 3 heterocycles. The molecule has 2 unspecified atom stereocenters. The molecule has 0 amide bonds. The third-order valence-corrected chi connectivity index (χ3v) is 3.85. The Morgan fingerprint density at radius 3 is 2.79 bits per heavy atom. The molecular formula is C13H18N4O2. The topological polar surface area (TPSA) is 84.0 Å². The first-order valence-corrected chi connectivity index (χ1v) is 6.53. The highest BCUT2D eigenvalue weighted by molar-refractivity contribution is 6.02. The van der Waals surface area contributed by atoms with Crippen LogP contribution >= 0.6 is 0 Å². The molecule has 1 aromatic rings. The van der Waals surface area contributed by atoms with Crippen molar-refractivity contribution in [3.8, 4) is 0 Å². The number of amidine groups is 1. The summed E-state index contributed by atoms with van der Waals surface area (Å²) in [6.07, 6.45) is 4.52. The standard InChI is InChI=1S/C13H18N4O2/c1-8-4-5-15-13(11(8)12(14)16-18)17-6-9-2-3-10(7-17)19-9/h4-5,9-10,18H,2-3,6-7H2,1H3,(H2,14,16). The Balaban J connectivity index is 1.98. The molecule has 2 bridgehead atoms. The summed E-state index contributed by atoms with van der Waals surface area (Å²) in [5.41, 5.74) is 7.46. The number of aromatic nitrogens is 1. The van der Waals surface area contributed by atoms with E-state index in [-0.39, 0.29) is 18.0 Å². The average Bonchev–Trinajstić information content (AvgIpc) is 2.76. The molecular weight excluding hydrogens is 244 g/mol. The van der Waals surface area contributed by atoms with Crippen molar-refractivity contribution in [2.75, 3.05) is 18.0 Å². The number of rotatable bonds is 2. The predicted octanol–water partition coefficient (Wildman–Crippen LogP) is 0.852. The summed E-state index contributed by atoms with van der Waals surface area (Å²) < 4.78 is 5.83. The number of ether oxygens (including phenoxy) is 1. The van der Waals surface area contributed by atoms with E-state index in [2.05, 4.69) is 15.0 Å². The van der Waals surface area contributed by atoms with E-state index in [1.807, 2.05) is 13.0 Å². The highest BCUT2D eigenvalue weighted by atomic mass is 16.5. The zero-order valence-corrected chi connectivity index (χ0v) is 10.9. The lowest BCUT2D eigenvalue weighted by atomic mass is 10.1. The van der Waals surface area contributed by atoms with Crippen LogP contribution in [0.3, 0.4) is 0 Å². The van der Waals surface area contributed by atoms with Gasteiger partial charge in [-0.3, -0.25) is 0 Å². The largest absolute Gasteiger partial charge is 0.409 e. The number of morpholine rings is 1. The molecule has 2 atom stereocenters. The lowest BCUT2D eigenvalue weighted by Gasteiger charge is -2.34. The van der Waals surface area contributed by atoms with Crippen molar-refractivity contribution in [2.45, 2.75) is 32.0 Å². The van der Waals surface area contributed by atoms with E-state index >= 15 is 0 Å². The molecule has 3 N–H and O–H groups in total. The summed E-state index contributed by atoms with van der Waals surface area (Å²) in [5, 5.41) is 12.1. The zero-order chi connectivity index (χ0) is 13.4. The first-order chi connectivity index (χ1) is 9.19. The van der Waals surface area contributed by atoms with Crippen LogP contribution in [0, 0.1) is 6.92 Å². The fourth-order valence-corrected chi connectivity index (χ4v) is 2.94. The van der Waals surface area contributed by atoms with Gasteiger partial charge in [-0.25, -0.2) is 4.98 Å². The molecule has 3 rings (SSSR count). The van der Waals surface area contributed by atoms with Crippen LogP contribution < -0.4 is 10.6 Å². The fourth-order valence-electron chi connectivity index (χ4n) is 2.94. The van der Waals surface area contributed by atoms with Crippen molar-refractivity contribution in [1.82, 2.24) is 4.98 Å². The minimum absolute atomic E-state index is 0.111. The smallest absolute Gasteiger partial charge is 0.174 e. The minimum atomic E-state index is 0.111. The van der Waals surface area contributed by atoms with Gasteiger partial charge >= 0.3 is 0 Å². The molecule has 6 heteroatoms. The summed E-state index contributed by atoms with van der Waals surface area (Å²) in [6.45, 7) is 3.57. The molecule has 2 aliphatic rings. The molecule has 2 fully saturated rings. The molecule has 0 saturated carbocycles. The summed E-state index contributed by atoms with van der Waals surface area (Å²) in [7, 11) is 0. The first-order valence-electron chi connectivity index (χ1n) is 6.53. The Morgan fingerprint density at radius 2 is 2.16 bits per heavy atom. The Morgan fingerprint density at radius 1 is 1.47 bits per heavy atom. The number of nitrogens with two attached hydrogens (primary N) is 1. The van der Waals surface area contributed by atoms with Crippen LogP contribution in [0.4, 0.5) is 5.82 Å². The normalized spacial score (nSPS) is 26.8. The summed E-state index contributed by atoms with van der Waals surface area (Å²) >= 11 is 0. The Hall–Kier alpha value is -1.82. The van der Waals surface area contributed by atoms with Gasteiger partial charge in [0.15, 0.2) is 5.84 Å². The van der Waals surface area contributed by atoms with Crippen LogP contribution in [0.5, 0.6) is 0 Å². The van der Waals surface area contributed by atoms with Gasteiger partial charge in [0.05, 0.1) is 17.8 Å². The number of oxime groups is 1. The van der Waals surface area contributed by atoms with E-state index in [0.717, 1.165) is 37.3 Å². The second kappa shape index (κ2) is 4.70. The van der Waals surface area contributed by atoms with Crippen molar-refractivity contribution < 1.29 is 9.94 Å². The third kappa shape index (κ3) is 2.12. The van der Waals surface area contributed by atoms with Crippen LogP contribution in [0.25, 0.3) is 0 Å². The highest BCUT2D eigenvalue weighted by Crippen LogP contribution is 2.30. The average molecular weight is 262 g/mol. The molecule has 2 aliphatic heterocycles.